The molecule has 2 aromatic heterocycles. The topological polar surface area (TPSA) is 89.0 Å². The summed E-state index contributed by atoms with van der Waals surface area (Å²) in [4.78, 5) is 0. The largest absolute Gasteiger partial charge is 0.459 e. The minimum atomic E-state index is -0.467. The third kappa shape index (κ3) is 2.99. The number of nitrogens with one attached hydrogen (secondary N) is 1. The Kier molecular flexibility index (Phi) is 3.88. The fourth-order valence-corrected chi connectivity index (χ4v) is 2.10. The molecule has 0 saturated heterocycles. The molecule has 0 aliphatic rings. The Bertz CT molecular complexity index is 745. The number of tetrazole rings is 1. The normalized spacial score (nSPS) is 12.3. The molecule has 0 aliphatic carbocycles. The van der Waals surface area contributed by atoms with Crippen LogP contribution < -0.4 is 5.32 Å². The maximum atomic E-state index is 9.52. The number of aliphatic hydroxyl groups is 1. The second-order valence-corrected chi connectivity index (χ2v) is 5.04. The lowest BCUT2D eigenvalue weighted by molar-refractivity contribution is 0.199. The van der Waals surface area contributed by atoms with E-state index in [2.05, 4.69) is 20.8 Å². The van der Waals surface area contributed by atoms with E-state index in [4.69, 9.17) is 4.42 Å². The van der Waals surface area contributed by atoms with Crippen LogP contribution in [0.3, 0.4) is 0 Å². The van der Waals surface area contributed by atoms with Gasteiger partial charge in [0.25, 0.3) is 0 Å². The van der Waals surface area contributed by atoms with E-state index < -0.39 is 6.10 Å². The van der Waals surface area contributed by atoms with Gasteiger partial charge in [0.15, 0.2) is 0 Å². The average molecular weight is 299 g/mol. The number of aryl methyl sites for hydroxylation is 1. The van der Waals surface area contributed by atoms with Gasteiger partial charge in [-0.1, -0.05) is 29.4 Å². The predicted molar refractivity (Wildman–Crippen MR) is 80.9 cm³/mol. The quantitative estimate of drug-likeness (QED) is 0.750. The average Bonchev–Trinajstić information content (AvgIpc) is 3.14. The number of nitrogens with zero attached hydrogens (tertiary/aromatic N) is 4. The molecular weight excluding hydrogens is 282 g/mol. The zero-order valence-corrected chi connectivity index (χ0v) is 12.4. The number of aromatic nitrogens is 4. The molecule has 0 radical (unpaired) electrons. The van der Waals surface area contributed by atoms with E-state index in [0.717, 1.165) is 22.6 Å². The molecular formula is C15H17N5O2. The first-order chi connectivity index (χ1) is 10.6. The molecule has 0 saturated carbocycles. The number of rotatable bonds is 5. The van der Waals surface area contributed by atoms with Crippen molar-refractivity contribution in [3.63, 3.8) is 0 Å². The molecule has 7 nitrogen and oxygen atoms in total. The second-order valence-electron chi connectivity index (χ2n) is 5.04. The Balaban J connectivity index is 1.69. The Morgan fingerprint density at radius 3 is 2.64 bits per heavy atom. The summed E-state index contributed by atoms with van der Waals surface area (Å²) in [6, 6.07) is 11.5. The third-order valence-corrected chi connectivity index (χ3v) is 3.38. The first kappa shape index (κ1) is 14.3. The maximum Gasteiger partial charge on any atom is 0.243 e. The molecule has 2 heterocycles. The molecule has 3 rings (SSSR count). The predicted octanol–water partition coefficient (Wildman–Crippen LogP) is 2.14. The first-order valence-corrected chi connectivity index (χ1v) is 6.97. The molecule has 2 N–H and O–H groups in total. The van der Waals surface area contributed by atoms with Gasteiger partial charge in [0.2, 0.25) is 5.95 Å². The summed E-state index contributed by atoms with van der Waals surface area (Å²) in [5, 5.41) is 23.8. The third-order valence-electron chi connectivity index (χ3n) is 3.38. The van der Waals surface area contributed by atoms with Gasteiger partial charge in [-0.3, -0.25) is 0 Å². The summed E-state index contributed by atoms with van der Waals surface area (Å²) >= 11 is 0. The van der Waals surface area contributed by atoms with E-state index in [1.54, 1.807) is 18.7 Å². The van der Waals surface area contributed by atoms with E-state index in [1.165, 1.54) is 0 Å². The van der Waals surface area contributed by atoms with Gasteiger partial charge in [0.05, 0.1) is 12.6 Å². The van der Waals surface area contributed by atoms with Crippen LogP contribution in [0.2, 0.25) is 0 Å². The SMILES string of the molecule is C[C@@H](O)c1ccc(-c2ccc(CNc3nnnn3C)o2)cc1. The Morgan fingerprint density at radius 2 is 2.00 bits per heavy atom. The van der Waals surface area contributed by atoms with Gasteiger partial charge in [0, 0.05) is 12.6 Å². The van der Waals surface area contributed by atoms with Gasteiger partial charge in [-0.25, -0.2) is 4.68 Å². The Morgan fingerprint density at radius 1 is 1.23 bits per heavy atom. The molecule has 0 amide bonds. The Hall–Kier alpha value is -2.67. The monoisotopic (exact) mass is 299 g/mol. The van der Waals surface area contributed by atoms with E-state index in [-0.39, 0.29) is 0 Å². The lowest BCUT2D eigenvalue weighted by atomic mass is 10.1. The van der Waals surface area contributed by atoms with Gasteiger partial charge in [-0.15, -0.1) is 0 Å². The van der Waals surface area contributed by atoms with Gasteiger partial charge < -0.3 is 14.8 Å². The molecule has 0 unspecified atom stereocenters. The summed E-state index contributed by atoms with van der Waals surface area (Å²) in [6.07, 6.45) is -0.467. The van der Waals surface area contributed by atoms with Crippen LogP contribution in [0.5, 0.6) is 0 Å². The van der Waals surface area contributed by atoms with Crippen molar-refractivity contribution in [1.29, 1.82) is 0 Å². The summed E-state index contributed by atoms with van der Waals surface area (Å²) in [5.74, 6) is 2.15. The Labute approximate surface area is 127 Å². The lowest BCUT2D eigenvalue weighted by Crippen LogP contribution is -2.04. The zero-order chi connectivity index (χ0) is 15.5. The van der Waals surface area contributed by atoms with Crippen LogP contribution in [-0.4, -0.2) is 25.3 Å². The fraction of sp³-hybridized carbons (Fsp3) is 0.267. The highest BCUT2D eigenvalue weighted by Gasteiger charge is 2.07. The van der Waals surface area contributed by atoms with Crippen LogP contribution in [0.1, 0.15) is 24.4 Å². The standard InChI is InChI=1S/C15H17N5O2/c1-10(21)11-3-5-12(6-4-11)14-8-7-13(22-14)9-16-15-17-18-19-20(15)2/h3-8,10,21H,9H2,1-2H3,(H,16,17,19)/t10-/m1/s1. The number of aliphatic hydroxyl groups excluding tert-OH is 1. The summed E-state index contributed by atoms with van der Waals surface area (Å²) < 4.78 is 7.36. The number of hydrogen-bond acceptors (Lipinski definition) is 6. The highest BCUT2D eigenvalue weighted by Crippen LogP contribution is 2.24. The van der Waals surface area contributed by atoms with Crippen LogP contribution in [-0.2, 0) is 13.6 Å². The first-order valence-electron chi connectivity index (χ1n) is 6.97. The molecule has 1 atom stereocenters. The molecule has 22 heavy (non-hydrogen) atoms. The van der Waals surface area contributed by atoms with Crippen molar-refractivity contribution in [2.75, 3.05) is 5.32 Å². The van der Waals surface area contributed by atoms with Crippen LogP contribution in [0.15, 0.2) is 40.8 Å². The highest BCUT2D eigenvalue weighted by molar-refractivity contribution is 5.58. The minimum Gasteiger partial charge on any atom is -0.459 e. The summed E-state index contributed by atoms with van der Waals surface area (Å²) in [5.41, 5.74) is 1.85. The molecule has 0 fully saturated rings. The second kappa shape index (κ2) is 5.98. The zero-order valence-electron chi connectivity index (χ0n) is 12.4. The molecule has 0 bridgehead atoms. The van der Waals surface area contributed by atoms with E-state index in [0.29, 0.717) is 12.5 Å². The van der Waals surface area contributed by atoms with Crippen molar-refractivity contribution in [1.82, 2.24) is 20.2 Å². The van der Waals surface area contributed by atoms with Crippen molar-refractivity contribution in [3.8, 4) is 11.3 Å². The fourth-order valence-electron chi connectivity index (χ4n) is 2.10. The van der Waals surface area contributed by atoms with Gasteiger partial charge in [0.1, 0.15) is 11.5 Å². The van der Waals surface area contributed by atoms with E-state index in [9.17, 15) is 5.11 Å². The van der Waals surface area contributed by atoms with Crippen LogP contribution in [0.25, 0.3) is 11.3 Å². The van der Waals surface area contributed by atoms with Crippen molar-refractivity contribution in [2.45, 2.75) is 19.6 Å². The number of benzene rings is 1. The molecule has 1 aromatic carbocycles. The van der Waals surface area contributed by atoms with E-state index in [1.807, 2.05) is 36.4 Å². The number of furan rings is 1. The van der Waals surface area contributed by atoms with Crippen LogP contribution in [0.4, 0.5) is 5.95 Å². The lowest BCUT2D eigenvalue weighted by Gasteiger charge is -2.05. The maximum absolute atomic E-state index is 9.52. The molecule has 0 aliphatic heterocycles. The molecule has 7 heteroatoms. The molecule has 3 aromatic rings. The number of hydrogen-bond donors (Lipinski definition) is 2. The van der Waals surface area contributed by atoms with Crippen molar-refractivity contribution < 1.29 is 9.52 Å². The van der Waals surface area contributed by atoms with Crippen molar-refractivity contribution in [2.24, 2.45) is 7.05 Å². The van der Waals surface area contributed by atoms with Crippen molar-refractivity contribution in [3.05, 3.63) is 47.7 Å². The van der Waals surface area contributed by atoms with Gasteiger partial charge >= 0.3 is 0 Å². The molecule has 0 spiro atoms. The molecule has 114 valence electrons. The van der Waals surface area contributed by atoms with E-state index >= 15 is 0 Å². The highest BCUT2D eigenvalue weighted by atomic mass is 16.3. The van der Waals surface area contributed by atoms with Crippen LogP contribution >= 0.6 is 0 Å². The van der Waals surface area contributed by atoms with Gasteiger partial charge in [-0.2, -0.15) is 0 Å². The van der Waals surface area contributed by atoms with Crippen molar-refractivity contribution >= 4 is 5.95 Å². The van der Waals surface area contributed by atoms with Gasteiger partial charge in [-0.05, 0) is 35.0 Å². The number of anilines is 1. The van der Waals surface area contributed by atoms with Crippen LogP contribution in [0, 0.1) is 0 Å². The summed E-state index contributed by atoms with van der Waals surface area (Å²) in [6.45, 7) is 2.24. The smallest absolute Gasteiger partial charge is 0.243 e. The summed E-state index contributed by atoms with van der Waals surface area (Å²) in [7, 11) is 1.76. The minimum absolute atomic E-state index is 0.467.